The summed E-state index contributed by atoms with van der Waals surface area (Å²) >= 11 is 0. The largest absolute Gasteiger partial charge is 0.494 e. The summed E-state index contributed by atoms with van der Waals surface area (Å²) < 4.78 is 20.2. The van der Waals surface area contributed by atoms with Gasteiger partial charge >= 0.3 is 12.0 Å². The number of urea groups is 1. The van der Waals surface area contributed by atoms with E-state index in [2.05, 4.69) is 12.2 Å². The number of carbonyl (C=O) groups excluding carboxylic acids is 1. The van der Waals surface area contributed by atoms with Crippen molar-refractivity contribution in [3.63, 3.8) is 0 Å². The highest BCUT2D eigenvalue weighted by Gasteiger charge is 2.16. The molecule has 0 atom stereocenters. The van der Waals surface area contributed by atoms with Gasteiger partial charge in [-0.15, -0.1) is 0 Å². The molecule has 2 amide bonds. The second kappa shape index (κ2) is 11.9. The number of carbonyl (C=O) groups is 2. The fourth-order valence-electron chi connectivity index (χ4n) is 3.22. The topological polar surface area (TPSA) is 78.9 Å². The first-order valence-electron chi connectivity index (χ1n) is 10.7. The van der Waals surface area contributed by atoms with Gasteiger partial charge in [-0.1, -0.05) is 38.0 Å². The fourth-order valence-corrected chi connectivity index (χ4v) is 3.22. The van der Waals surface area contributed by atoms with Crippen molar-refractivity contribution in [2.24, 2.45) is 0 Å². The molecule has 0 saturated carbocycles. The zero-order chi connectivity index (χ0) is 22.8. The molecule has 0 aliphatic rings. The Balaban J connectivity index is 2.26. The average Bonchev–Trinajstić information content (AvgIpc) is 2.75. The number of carboxylic acid groups (broad SMARTS) is 1. The van der Waals surface area contributed by atoms with Gasteiger partial charge in [0.05, 0.1) is 12.3 Å². The predicted octanol–water partition coefficient (Wildman–Crippen LogP) is 5.24. The van der Waals surface area contributed by atoms with Crippen LogP contribution in [0.25, 0.3) is 11.1 Å². The smallest absolute Gasteiger partial charge is 0.321 e. The lowest BCUT2D eigenvalue weighted by Crippen LogP contribution is -2.38. The van der Waals surface area contributed by atoms with Gasteiger partial charge in [0.2, 0.25) is 0 Å². The molecule has 0 heterocycles. The fraction of sp³-hybridized carbons (Fsp3) is 0.417. The monoisotopic (exact) mass is 430 g/mol. The zero-order valence-electron chi connectivity index (χ0n) is 18.4. The number of nitrogens with one attached hydrogen (secondary N) is 1. The number of nitrogens with zero attached hydrogens (tertiary/aromatic N) is 1. The Bertz CT molecular complexity index is 901. The Labute approximate surface area is 183 Å². The number of carboxylic acids is 1. The summed E-state index contributed by atoms with van der Waals surface area (Å²) in [4.78, 5) is 24.6. The van der Waals surface area contributed by atoms with Crippen LogP contribution in [0.2, 0.25) is 0 Å². The van der Waals surface area contributed by atoms with Crippen LogP contribution in [-0.2, 0) is 11.2 Å². The summed E-state index contributed by atoms with van der Waals surface area (Å²) in [5.74, 6) is -0.752. The second-order valence-corrected chi connectivity index (χ2v) is 7.31. The third kappa shape index (κ3) is 6.98. The number of anilines is 1. The van der Waals surface area contributed by atoms with Crippen molar-refractivity contribution in [2.45, 2.75) is 46.0 Å². The third-order valence-electron chi connectivity index (χ3n) is 4.98. The van der Waals surface area contributed by atoms with Crippen LogP contribution in [0, 0.1) is 5.82 Å². The quantitative estimate of drug-likeness (QED) is 0.478. The van der Waals surface area contributed by atoms with E-state index in [9.17, 15) is 14.0 Å². The molecule has 0 aliphatic heterocycles. The molecule has 2 rings (SSSR count). The van der Waals surface area contributed by atoms with Crippen LogP contribution in [0.4, 0.5) is 14.9 Å². The summed E-state index contributed by atoms with van der Waals surface area (Å²) in [5.41, 5.74) is 2.51. The maximum atomic E-state index is 14.5. The number of hydrogen-bond acceptors (Lipinski definition) is 3. The van der Waals surface area contributed by atoms with Gasteiger partial charge in [-0.2, -0.15) is 0 Å². The Hall–Kier alpha value is -3.09. The summed E-state index contributed by atoms with van der Waals surface area (Å²) in [7, 11) is 1.54. The molecule has 0 saturated heterocycles. The molecule has 0 spiro atoms. The molecular formula is C24H31FN2O4. The van der Waals surface area contributed by atoms with Crippen molar-refractivity contribution in [3.05, 3.63) is 47.8 Å². The molecule has 2 aromatic carbocycles. The van der Waals surface area contributed by atoms with Gasteiger partial charge in [0, 0.05) is 20.0 Å². The molecule has 2 aromatic rings. The van der Waals surface area contributed by atoms with E-state index in [1.54, 1.807) is 12.1 Å². The van der Waals surface area contributed by atoms with Crippen molar-refractivity contribution in [2.75, 3.05) is 25.1 Å². The van der Waals surface area contributed by atoms with Crippen molar-refractivity contribution < 1.29 is 23.8 Å². The molecule has 6 nitrogen and oxygen atoms in total. The van der Waals surface area contributed by atoms with Crippen LogP contribution >= 0.6 is 0 Å². The predicted molar refractivity (Wildman–Crippen MR) is 120 cm³/mol. The van der Waals surface area contributed by atoms with Crippen molar-refractivity contribution >= 4 is 17.7 Å². The third-order valence-corrected chi connectivity index (χ3v) is 4.98. The van der Waals surface area contributed by atoms with Gasteiger partial charge in [0.15, 0.2) is 0 Å². The summed E-state index contributed by atoms with van der Waals surface area (Å²) in [5, 5.41) is 11.8. The van der Waals surface area contributed by atoms with E-state index in [1.165, 1.54) is 18.0 Å². The lowest BCUT2D eigenvalue weighted by atomic mass is 10.00. The number of benzene rings is 2. The van der Waals surface area contributed by atoms with E-state index in [0.29, 0.717) is 25.3 Å². The van der Waals surface area contributed by atoms with Gasteiger partial charge < -0.3 is 15.2 Å². The van der Waals surface area contributed by atoms with Crippen LogP contribution < -0.4 is 15.0 Å². The number of unbranched alkanes of at least 4 members (excludes halogenated alkanes) is 2. The Morgan fingerprint density at radius 1 is 1.10 bits per heavy atom. The number of hydrogen-bond donors (Lipinski definition) is 2. The minimum atomic E-state index is -0.870. The highest BCUT2D eigenvalue weighted by Crippen LogP contribution is 2.31. The van der Waals surface area contributed by atoms with E-state index in [4.69, 9.17) is 9.84 Å². The maximum absolute atomic E-state index is 14.5. The molecule has 0 unspecified atom stereocenters. The molecule has 0 bridgehead atoms. The Morgan fingerprint density at radius 2 is 1.81 bits per heavy atom. The molecular weight excluding hydrogens is 399 g/mol. The Kier molecular flexibility index (Phi) is 9.31. The van der Waals surface area contributed by atoms with Crippen molar-refractivity contribution in [1.29, 1.82) is 0 Å². The maximum Gasteiger partial charge on any atom is 0.321 e. The van der Waals surface area contributed by atoms with Gasteiger partial charge in [0.1, 0.15) is 11.6 Å². The van der Waals surface area contributed by atoms with Crippen LogP contribution in [0.5, 0.6) is 5.75 Å². The first-order chi connectivity index (χ1) is 14.9. The minimum absolute atomic E-state index is 0.0122. The van der Waals surface area contributed by atoms with E-state index in [-0.39, 0.29) is 18.1 Å². The van der Waals surface area contributed by atoms with E-state index in [1.807, 2.05) is 25.1 Å². The molecule has 0 aromatic heterocycles. The zero-order valence-corrected chi connectivity index (χ0v) is 18.4. The number of rotatable bonds is 11. The SMILES string of the molecule is CCCCCNC(=O)N(C)c1cc(-c2ccc(CCC(=O)O)c(OCC)c2)ccc1F. The first kappa shape index (κ1) is 24.2. The molecule has 168 valence electrons. The van der Waals surface area contributed by atoms with E-state index < -0.39 is 11.8 Å². The molecule has 7 heteroatoms. The summed E-state index contributed by atoms with van der Waals surface area (Å²) in [6.07, 6.45) is 3.34. The van der Waals surface area contributed by atoms with Crippen molar-refractivity contribution in [1.82, 2.24) is 5.32 Å². The number of aryl methyl sites for hydroxylation is 1. The second-order valence-electron chi connectivity index (χ2n) is 7.31. The van der Waals surface area contributed by atoms with Crippen LogP contribution in [0.15, 0.2) is 36.4 Å². The van der Waals surface area contributed by atoms with Gasteiger partial charge in [-0.05, 0) is 54.7 Å². The molecule has 2 N–H and O–H groups in total. The highest BCUT2D eigenvalue weighted by atomic mass is 19.1. The summed E-state index contributed by atoms with van der Waals surface area (Å²) in [6.45, 7) is 4.94. The van der Waals surface area contributed by atoms with Gasteiger partial charge in [-0.25, -0.2) is 9.18 Å². The average molecular weight is 431 g/mol. The van der Waals surface area contributed by atoms with Crippen LogP contribution in [0.3, 0.4) is 0 Å². The molecule has 0 aliphatic carbocycles. The lowest BCUT2D eigenvalue weighted by molar-refractivity contribution is -0.136. The van der Waals surface area contributed by atoms with E-state index in [0.717, 1.165) is 36.0 Å². The number of halogens is 1. The van der Waals surface area contributed by atoms with Crippen molar-refractivity contribution in [3.8, 4) is 16.9 Å². The van der Waals surface area contributed by atoms with E-state index >= 15 is 0 Å². The van der Waals surface area contributed by atoms with Gasteiger partial charge in [-0.3, -0.25) is 9.69 Å². The molecule has 31 heavy (non-hydrogen) atoms. The molecule has 0 fully saturated rings. The normalized spacial score (nSPS) is 10.6. The number of ether oxygens (including phenoxy) is 1. The molecule has 0 radical (unpaired) electrons. The summed E-state index contributed by atoms with van der Waals surface area (Å²) in [6, 6.07) is 9.76. The number of amides is 2. The standard InChI is InChI=1S/C24H31FN2O4/c1-4-6-7-14-26-24(30)27(3)21-15-18(10-12-20(21)25)19-9-8-17(11-13-23(28)29)22(16-19)31-5-2/h8-10,12,15-16H,4-7,11,13-14H2,1-3H3,(H,26,30)(H,28,29). The van der Waals surface area contributed by atoms with Crippen LogP contribution in [0.1, 0.15) is 45.1 Å². The Morgan fingerprint density at radius 3 is 2.48 bits per heavy atom. The lowest BCUT2D eigenvalue weighted by Gasteiger charge is -2.20. The number of aliphatic carboxylic acids is 1. The van der Waals surface area contributed by atoms with Crippen LogP contribution in [-0.4, -0.2) is 37.3 Å². The van der Waals surface area contributed by atoms with Gasteiger partial charge in [0.25, 0.3) is 0 Å². The minimum Gasteiger partial charge on any atom is -0.494 e. The first-order valence-corrected chi connectivity index (χ1v) is 10.7. The highest BCUT2D eigenvalue weighted by molar-refractivity contribution is 5.92.